The fraction of sp³-hybridized carbons (Fsp3) is 0.920. The van der Waals surface area contributed by atoms with E-state index in [0.717, 1.165) is 56.8 Å². The van der Waals surface area contributed by atoms with Gasteiger partial charge in [-0.25, -0.2) is 0 Å². The molecule has 0 aromatic carbocycles. The van der Waals surface area contributed by atoms with Gasteiger partial charge in [0.25, 0.3) is 0 Å². The van der Waals surface area contributed by atoms with Crippen molar-refractivity contribution in [3.05, 3.63) is 12.7 Å². The van der Waals surface area contributed by atoms with Crippen molar-refractivity contribution >= 4 is 33.3 Å². The lowest BCUT2D eigenvalue weighted by Crippen LogP contribution is -2.49. The van der Waals surface area contributed by atoms with Gasteiger partial charge in [0.05, 0.1) is 30.5 Å². The van der Waals surface area contributed by atoms with E-state index in [-0.39, 0.29) is 39.5 Å². The zero-order chi connectivity index (χ0) is 48.8. The van der Waals surface area contributed by atoms with Gasteiger partial charge in [-0.05, 0) is 124 Å². The molecule has 0 radical (unpaired) electrons. The van der Waals surface area contributed by atoms with Gasteiger partial charge in [-0.1, -0.05) is 102 Å². The van der Waals surface area contributed by atoms with E-state index in [1.807, 2.05) is 6.92 Å². The highest BCUT2D eigenvalue weighted by molar-refractivity contribution is 6.75. The van der Waals surface area contributed by atoms with Gasteiger partial charge in [0.15, 0.2) is 33.3 Å². The summed E-state index contributed by atoms with van der Waals surface area (Å²) in [5, 5.41) is 34.6. The van der Waals surface area contributed by atoms with E-state index >= 15 is 0 Å². The van der Waals surface area contributed by atoms with Crippen LogP contribution in [0, 0.1) is 17.8 Å². The summed E-state index contributed by atoms with van der Waals surface area (Å²) in [6.45, 7) is 47.3. The lowest BCUT2D eigenvalue weighted by molar-refractivity contribution is -0.0779. The van der Waals surface area contributed by atoms with E-state index in [0.29, 0.717) is 25.7 Å². The second kappa shape index (κ2) is 26.0. The molecular formula is C50H102O9Si4. The van der Waals surface area contributed by atoms with Crippen molar-refractivity contribution in [2.24, 2.45) is 5.92 Å². The summed E-state index contributed by atoms with van der Waals surface area (Å²) in [7, 11) is -6.71. The van der Waals surface area contributed by atoms with Crippen LogP contribution in [0.3, 0.4) is 0 Å². The molecule has 0 saturated carbocycles. The van der Waals surface area contributed by atoms with Crippen LogP contribution in [0.4, 0.5) is 0 Å². The second-order valence-electron chi connectivity index (χ2n) is 23.5. The van der Waals surface area contributed by atoms with Gasteiger partial charge in [-0.15, -0.1) is 12.5 Å². The highest BCUT2D eigenvalue weighted by Crippen LogP contribution is 2.42. The number of hydrogen-bond acceptors (Lipinski definition) is 9. The van der Waals surface area contributed by atoms with Crippen LogP contribution in [0.25, 0.3) is 0 Å². The Kier molecular flexibility index (Phi) is 25.1. The smallest absolute Gasteiger partial charge is 0.193 e. The van der Waals surface area contributed by atoms with Crippen molar-refractivity contribution in [2.75, 3.05) is 13.7 Å². The SMILES string of the molecule is C=C[C@H](O[Si](CC)(CC)CC)[C@@H](O)[C@H](CCC#C[C@@H](O)[C@H](C)[C@H](O)C[C@H](C[C@@H](C[C@@H]1CCC[C@H](CCO[Si](C)(C)C(C)(C)C)O1)O[Si](C)(C)C(C)(C)C)O[Si](C)(C)C(C)(C)C)OC. The average molecular weight is 960 g/mol. The molecule has 63 heavy (non-hydrogen) atoms. The number of rotatable bonds is 27. The zero-order valence-electron chi connectivity index (χ0n) is 44.5. The molecule has 0 spiro atoms. The van der Waals surface area contributed by atoms with Gasteiger partial charge in [-0.2, -0.15) is 0 Å². The molecule has 0 bridgehead atoms. The maximum absolute atomic E-state index is 11.8. The van der Waals surface area contributed by atoms with Crippen LogP contribution in [0.2, 0.25) is 72.5 Å². The highest BCUT2D eigenvalue weighted by Gasteiger charge is 2.44. The van der Waals surface area contributed by atoms with Crippen molar-refractivity contribution in [3.8, 4) is 11.8 Å². The standard InChI is InChI=1S/C50H102O9Si4/c1-22-45(59-63(23-2,24-3)25-4)47(53)46(54-15)32-27-26-31-43(51)38(5)44(52)37-42(58-62(20,21)50(12,13)14)36-41(57-61(18,19)49(9,10)11)35-40-30-28-29-39(56-40)33-34-55-60(16,17)48(6,7)8/h22,38-47,51-53H,1,23-25,27-30,32-37H2,2-21H3/t38-,39+,40-,41+,42-,43+,44+,45-,46-,47+/m0/s1. The molecule has 3 N–H and O–H groups in total. The number of methoxy groups -OCH3 is 1. The number of hydrogen-bond donors (Lipinski definition) is 3. The van der Waals surface area contributed by atoms with E-state index in [4.69, 9.17) is 27.2 Å². The third-order valence-electron chi connectivity index (χ3n) is 15.7. The summed E-state index contributed by atoms with van der Waals surface area (Å²) in [6.07, 6.45) is 4.49. The van der Waals surface area contributed by atoms with E-state index in [2.05, 4.69) is 141 Å². The summed E-state index contributed by atoms with van der Waals surface area (Å²) < 4.78 is 40.1. The minimum Gasteiger partial charge on any atom is -0.417 e. The average Bonchev–Trinajstić information content (AvgIpc) is 3.16. The topological polar surface area (TPSA) is 116 Å². The molecule has 0 amide bonds. The Balaban J connectivity index is 3.27. The van der Waals surface area contributed by atoms with Crippen LogP contribution in [0.5, 0.6) is 0 Å². The van der Waals surface area contributed by atoms with Crippen LogP contribution in [0.1, 0.15) is 148 Å². The molecule has 0 aromatic rings. The Morgan fingerprint density at radius 1 is 0.746 bits per heavy atom. The van der Waals surface area contributed by atoms with Crippen LogP contribution in [-0.4, -0.2) is 117 Å². The molecule has 10 atom stereocenters. The first-order valence-corrected chi connectivity index (χ1v) is 36.0. The third-order valence-corrected chi connectivity index (χ3v) is 34.0. The Morgan fingerprint density at radius 2 is 1.25 bits per heavy atom. The van der Waals surface area contributed by atoms with E-state index in [1.165, 1.54) is 0 Å². The molecule has 1 rings (SSSR count). The molecule has 0 aliphatic carbocycles. The molecule has 1 fully saturated rings. The molecule has 1 aliphatic heterocycles. The molecule has 0 aromatic heterocycles. The van der Waals surface area contributed by atoms with Crippen molar-refractivity contribution in [3.63, 3.8) is 0 Å². The lowest BCUT2D eigenvalue weighted by atomic mass is 9.91. The van der Waals surface area contributed by atoms with E-state index < -0.39 is 69.7 Å². The number of ether oxygens (including phenoxy) is 2. The summed E-state index contributed by atoms with van der Waals surface area (Å²) in [5.74, 6) is 5.60. The minimum atomic E-state index is -2.28. The number of aliphatic hydroxyl groups is 3. The van der Waals surface area contributed by atoms with E-state index in [1.54, 1.807) is 13.2 Å². The molecule has 372 valence electrons. The first-order valence-electron chi connectivity index (χ1n) is 24.8. The van der Waals surface area contributed by atoms with Crippen molar-refractivity contribution in [1.29, 1.82) is 0 Å². The normalized spacial score (nSPS) is 21.4. The van der Waals surface area contributed by atoms with Gasteiger partial charge in [0.2, 0.25) is 0 Å². The summed E-state index contributed by atoms with van der Waals surface area (Å²) in [6, 6.07) is 2.92. The Bertz CT molecular complexity index is 1360. The summed E-state index contributed by atoms with van der Waals surface area (Å²) in [5.41, 5.74) is 0. The minimum absolute atomic E-state index is 0.0179. The molecule has 1 saturated heterocycles. The first-order chi connectivity index (χ1) is 28.8. The second-order valence-corrected chi connectivity index (χ2v) is 42.5. The Labute approximate surface area is 393 Å². The Morgan fingerprint density at radius 3 is 1.73 bits per heavy atom. The zero-order valence-corrected chi connectivity index (χ0v) is 48.5. The van der Waals surface area contributed by atoms with Gasteiger partial charge < -0.3 is 42.5 Å². The van der Waals surface area contributed by atoms with Gasteiger partial charge in [0, 0.05) is 38.3 Å². The quantitative estimate of drug-likeness (QED) is 0.0420. The first kappa shape index (κ1) is 60.8. The monoisotopic (exact) mass is 959 g/mol. The summed E-state index contributed by atoms with van der Waals surface area (Å²) in [4.78, 5) is 0. The fourth-order valence-electron chi connectivity index (χ4n) is 7.59. The van der Waals surface area contributed by atoms with E-state index in [9.17, 15) is 15.3 Å². The molecular weight excluding hydrogens is 857 g/mol. The highest BCUT2D eigenvalue weighted by atomic mass is 28.4. The number of aliphatic hydroxyl groups excluding tert-OH is 3. The molecule has 13 heteroatoms. The molecule has 9 nitrogen and oxygen atoms in total. The van der Waals surface area contributed by atoms with Crippen LogP contribution >= 0.6 is 0 Å². The lowest BCUT2D eigenvalue weighted by Gasteiger charge is -2.44. The van der Waals surface area contributed by atoms with Crippen LogP contribution < -0.4 is 0 Å². The van der Waals surface area contributed by atoms with Crippen molar-refractivity contribution < 1.29 is 42.5 Å². The maximum Gasteiger partial charge on any atom is 0.193 e. The van der Waals surface area contributed by atoms with Gasteiger partial charge in [0.1, 0.15) is 12.2 Å². The maximum atomic E-state index is 11.8. The predicted octanol–water partition coefficient (Wildman–Crippen LogP) is 12.4. The third kappa shape index (κ3) is 19.4. The van der Waals surface area contributed by atoms with Crippen LogP contribution in [0.15, 0.2) is 12.7 Å². The largest absolute Gasteiger partial charge is 0.417 e. The van der Waals surface area contributed by atoms with Crippen LogP contribution in [-0.2, 0) is 27.2 Å². The van der Waals surface area contributed by atoms with Crippen molar-refractivity contribution in [1.82, 2.24) is 0 Å². The molecule has 1 heterocycles. The van der Waals surface area contributed by atoms with Gasteiger partial charge >= 0.3 is 0 Å². The van der Waals surface area contributed by atoms with Crippen molar-refractivity contribution in [2.45, 2.75) is 275 Å². The predicted molar refractivity (Wildman–Crippen MR) is 276 cm³/mol. The Hall–Kier alpha value is -0.192. The molecule has 0 unspecified atom stereocenters. The fourth-order valence-corrected chi connectivity index (χ4v) is 14.2. The van der Waals surface area contributed by atoms with Gasteiger partial charge in [-0.3, -0.25) is 0 Å². The molecule has 1 aliphatic rings. The summed E-state index contributed by atoms with van der Waals surface area (Å²) >= 11 is 0.